The Bertz CT molecular complexity index is 2950. The number of hydrogen-bond acceptors (Lipinski definition) is 2. The predicted molar refractivity (Wildman–Crippen MR) is 229 cm³/mol. The molecule has 0 spiro atoms. The number of benzene rings is 8. The molecular formula is C52H35N3. The highest BCUT2D eigenvalue weighted by Gasteiger charge is 2.21. The van der Waals surface area contributed by atoms with Crippen molar-refractivity contribution in [2.45, 2.75) is 0 Å². The van der Waals surface area contributed by atoms with Gasteiger partial charge in [-0.3, -0.25) is 0 Å². The van der Waals surface area contributed by atoms with Crippen LogP contribution in [0.2, 0.25) is 0 Å². The van der Waals surface area contributed by atoms with E-state index in [-0.39, 0.29) is 0 Å². The van der Waals surface area contributed by atoms with E-state index in [9.17, 15) is 0 Å². The summed E-state index contributed by atoms with van der Waals surface area (Å²) in [4.78, 5) is 10.8. The molecule has 0 radical (unpaired) electrons. The molecule has 258 valence electrons. The number of para-hydroxylation sites is 2. The summed E-state index contributed by atoms with van der Waals surface area (Å²) in [5.74, 6) is 0.694. The van der Waals surface area contributed by atoms with E-state index in [4.69, 9.17) is 9.97 Å². The van der Waals surface area contributed by atoms with Crippen molar-refractivity contribution in [3.8, 4) is 72.8 Å². The molecule has 0 aliphatic heterocycles. The van der Waals surface area contributed by atoms with Gasteiger partial charge in [-0.25, -0.2) is 9.97 Å². The second kappa shape index (κ2) is 13.9. The topological polar surface area (TPSA) is 30.7 Å². The summed E-state index contributed by atoms with van der Waals surface area (Å²) in [5, 5.41) is 1.09. The lowest BCUT2D eigenvalue weighted by Crippen LogP contribution is -2.00. The maximum absolute atomic E-state index is 5.45. The van der Waals surface area contributed by atoms with Crippen molar-refractivity contribution in [2.24, 2.45) is 0 Å². The fourth-order valence-electron chi connectivity index (χ4n) is 7.70. The van der Waals surface area contributed by atoms with Gasteiger partial charge in [0.05, 0.1) is 16.7 Å². The summed E-state index contributed by atoms with van der Waals surface area (Å²) >= 11 is 0. The molecule has 3 heteroatoms. The molecule has 0 saturated heterocycles. The number of aromatic nitrogens is 3. The SMILES string of the molecule is c1ccc(-c2cccc(-c3ccc(-c4nc(-c5cccc(-c6cccc(-c7ccccc7)c6)c5)c5c(n4)c4ccccc4n5-c4ccccc4)cc3)c2)cc1. The third-order valence-corrected chi connectivity index (χ3v) is 10.4. The molecule has 0 aliphatic rings. The van der Waals surface area contributed by atoms with E-state index < -0.39 is 0 Å². The van der Waals surface area contributed by atoms with E-state index in [2.05, 4.69) is 217 Å². The van der Waals surface area contributed by atoms with E-state index in [1.54, 1.807) is 0 Å². The summed E-state index contributed by atoms with van der Waals surface area (Å²) in [5.41, 5.74) is 16.4. The number of rotatable bonds is 7. The third-order valence-electron chi connectivity index (χ3n) is 10.4. The molecule has 0 unspecified atom stereocenters. The Morgan fingerprint density at radius 2 is 0.727 bits per heavy atom. The predicted octanol–water partition coefficient (Wildman–Crippen LogP) is 13.6. The van der Waals surface area contributed by atoms with Gasteiger partial charge in [0.1, 0.15) is 5.52 Å². The lowest BCUT2D eigenvalue weighted by molar-refractivity contribution is 1.15. The second-order valence-electron chi connectivity index (χ2n) is 13.8. The van der Waals surface area contributed by atoms with Crippen molar-refractivity contribution in [2.75, 3.05) is 0 Å². The van der Waals surface area contributed by atoms with Crippen LogP contribution in [0.1, 0.15) is 0 Å². The van der Waals surface area contributed by atoms with Crippen LogP contribution in [0.25, 0.3) is 94.8 Å². The molecule has 2 aromatic heterocycles. The van der Waals surface area contributed by atoms with Gasteiger partial charge in [0, 0.05) is 22.2 Å². The summed E-state index contributed by atoms with van der Waals surface area (Å²) in [6.45, 7) is 0. The van der Waals surface area contributed by atoms with Gasteiger partial charge >= 0.3 is 0 Å². The maximum Gasteiger partial charge on any atom is 0.160 e. The molecule has 55 heavy (non-hydrogen) atoms. The van der Waals surface area contributed by atoms with Crippen LogP contribution in [-0.4, -0.2) is 14.5 Å². The van der Waals surface area contributed by atoms with Gasteiger partial charge in [-0.05, 0) is 80.9 Å². The fourth-order valence-corrected chi connectivity index (χ4v) is 7.70. The average molecular weight is 702 g/mol. The minimum atomic E-state index is 0.694. The molecule has 10 rings (SSSR count). The Balaban J connectivity index is 1.14. The van der Waals surface area contributed by atoms with Crippen LogP contribution in [-0.2, 0) is 0 Å². The lowest BCUT2D eigenvalue weighted by Gasteiger charge is -2.13. The van der Waals surface area contributed by atoms with E-state index >= 15 is 0 Å². The Kier molecular flexibility index (Phi) is 8.16. The molecule has 0 fully saturated rings. The summed E-state index contributed by atoms with van der Waals surface area (Å²) in [7, 11) is 0. The molecule has 0 bridgehead atoms. The Labute approximate surface area is 320 Å². The quantitative estimate of drug-likeness (QED) is 0.166. The van der Waals surface area contributed by atoms with Crippen LogP contribution in [0.15, 0.2) is 212 Å². The van der Waals surface area contributed by atoms with Gasteiger partial charge in [-0.2, -0.15) is 0 Å². The summed E-state index contributed by atoms with van der Waals surface area (Å²) < 4.78 is 2.31. The third kappa shape index (κ3) is 6.08. The molecule has 0 aliphatic carbocycles. The van der Waals surface area contributed by atoms with E-state index in [1.165, 1.54) is 27.8 Å². The van der Waals surface area contributed by atoms with E-state index in [1.807, 2.05) is 0 Å². The van der Waals surface area contributed by atoms with E-state index in [0.29, 0.717) is 5.82 Å². The largest absolute Gasteiger partial charge is 0.306 e. The van der Waals surface area contributed by atoms with Crippen molar-refractivity contribution < 1.29 is 0 Å². The minimum Gasteiger partial charge on any atom is -0.306 e. The Morgan fingerprint density at radius 1 is 0.309 bits per heavy atom. The molecule has 0 atom stereocenters. The van der Waals surface area contributed by atoms with Gasteiger partial charge in [0.15, 0.2) is 5.82 Å². The van der Waals surface area contributed by atoms with Crippen LogP contribution >= 0.6 is 0 Å². The maximum atomic E-state index is 5.45. The van der Waals surface area contributed by atoms with Crippen LogP contribution in [0.5, 0.6) is 0 Å². The van der Waals surface area contributed by atoms with Crippen LogP contribution in [0.3, 0.4) is 0 Å². The number of nitrogens with zero attached hydrogens (tertiary/aromatic N) is 3. The van der Waals surface area contributed by atoms with Crippen LogP contribution in [0.4, 0.5) is 0 Å². The summed E-state index contributed by atoms with van der Waals surface area (Å²) in [6, 6.07) is 75.1. The van der Waals surface area contributed by atoms with Crippen molar-refractivity contribution in [1.82, 2.24) is 14.5 Å². The minimum absolute atomic E-state index is 0.694. The molecule has 3 nitrogen and oxygen atoms in total. The zero-order chi connectivity index (χ0) is 36.6. The standard InChI is InChI=1S/C52H35N3/c1-4-15-36(16-5-1)40-19-12-21-42(33-40)38-29-31-39(32-30-38)52-53-49(51-50(54-52)47-27-10-11-28-48(47)55(51)46-25-8-3-9-26-46)45-24-14-23-44(35-45)43-22-13-20-41(34-43)37-17-6-2-7-18-37/h1-35H. The molecule has 8 aromatic carbocycles. The summed E-state index contributed by atoms with van der Waals surface area (Å²) in [6.07, 6.45) is 0. The molecular weight excluding hydrogens is 667 g/mol. The van der Waals surface area contributed by atoms with Crippen LogP contribution < -0.4 is 0 Å². The zero-order valence-electron chi connectivity index (χ0n) is 30.0. The molecule has 2 heterocycles. The molecule has 0 saturated carbocycles. The van der Waals surface area contributed by atoms with Crippen molar-refractivity contribution in [3.05, 3.63) is 212 Å². The van der Waals surface area contributed by atoms with Crippen molar-refractivity contribution in [1.29, 1.82) is 0 Å². The Hall–Kier alpha value is -7.36. The lowest BCUT2D eigenvalue weighted by atomic mass is 9.97. The highest BCUT2D eigenvalue weighted by Crippen LogP contribution is 2.39. The average Bonchev–Trinajstić information content (AvgIpc) is 3.61. The van der Waals surface area contributed by atoms with Gasteiger partial charge in [-0.15, -0.1) is 0 Å². The number of hydrogen-bond donors (Lipinski definition) is 0. The fraction of sp³-hybridized carbons (Fsp3) is 0. The molecule has 10 aromatic rings. The van der Waals surface area contributed by atoms with Gasteiger partial charge in [0.25, 0.3) is 0 Å². The van der Waals surface area contributed by atoms with Gasteiger partial charge < -0.3 is 4.57 Å². The number of fused-ring (bicyclic) bond motifs is 3. The highest BCUT2D eigenvalue weighted by atomic mass is 15.0. The first kappa shape index (κ1) is 32.3. The van der Waals surface area contributed by atoms with Gasteiger partial charge in [-0.1, -0.05) is 176 Å². The van der Waals surface area contributed by atoms with E-state index in [0.717, 1.165) is 61.1 Å². The molecule has 0 N–H and O–H groups in total. The second-order valence-corrected chi connectivity index (χ2v) is 13.8. The monoisotopic (exact) mass is 701 g/mol. The normalized spacial score (nSPS) is 11.3. The van der Waals surface area contributed by atoms with Crippen molar-refractivity contribution >= 4 is 21.9 Å². The smallest absolute Gasteiger partial charge is 0.160 e. The first-order valence-corrected chi connectivity index (χ1v) is 18.7. The first-order valence-electron chi connectivity index (χ1n) is 18.7. The molecule has 0 amide bonds. The Morgan fingerprint density at radius 3 is 1.31 bits per heavy atom. The van der Waals surface area contributed by atoms with Crippen LogP contribution in [0, 0.1) is 0 Å². The zero-order valence-corrected chi connectivity index (χ0v) is 30.0. The first-order chi connectivity index (χ1) is 27.3. The van der Waals surface area contributed by atoms with Gasteiger partial charge in [0.2, 0.25) is 0 Å². The highest BCUT2D eigenvalue weighted by molar-refractivity contribution is 6.11. The van der Waals surface area contributed by atoms with Crippen molar-refractivity contribution in [3.63, 3.8) is 0 Å².